The highest BCUT2D eigenvalue weighted by atomic mass is 16.5. The Labute approximate surface area is 463 Å². The van der Waals surface area contributed by atoms with Gasteiger partial charge in [0.15, 0.2) is 0 Å². The van der Waals surface area contributed by atoms with E-state index < -0.39 is 64.7 Å². The number of likely N-dealkylation sites (N-methyl/N-ethyl adjacent to an activating group) is 2. The number of nitrogens with one attached hydrogen (secondary N) is 7. The number of likely N-dealkylation sites (tertiary alicyclic amines) is 1. The summed E-state index contributed by atoms with van der Waals surface area (Å²) < 4.78 is 5.89. The summed E-state index contributed by atoms with van der Waals surface area (Å²) in [4.78, 5) is 115. The van der Waals surface area contributed by atoms with E-state index in [-0.39, 0.29) is 91.6 Å². The molecule has 7 N–H and O–H groups in total. The molecule has 7 unspecified atom stereocenters. The van der Waals surface area contributed by atoms with Crippen LogP contribution in [0.3, 0.4) is 0 Å². The number of hydrogen-bond donors (Lipinski definition) is 7. The summed E-state index contributed by atoms with van der Waals surface area (Å²) in [6, 6.07) is 22.3. The highest BCUT2D eigenvalue weighted by Crippen LogP contribution is 2.35. The fraction of sp³-hybridized carbons (Fsp3) is 0.475. The zero-order valence-electron chi connectivity index (χ0n) is 46.8. The molecule has 0 spiro atoms. The molecule has 0 bridgehead atoms. The van der Waals surface area contributed by atoms with Gasteiger partial charge in [0, 0.05) is 31.1 Å². The quantitative estimate of drug-likeness (QED) is 0.0598. The molecule has 2 aliphatic carbocycles. The Morgan fingerprint density at radius 2 is 1.09 bits per heavy atom. The summed E-state index contributed by atoms with van der Waals surface area (Å²) in [6.45, 7) is 11.1. The number of fused-ring (bicyclic) bond motifs is 3. The Balaban J connectivity index is 0.965. The Kier molecular flexibility index (Phi) is 18.1. The van der Waals surface area contributed by atoms with Gasteiger partial charge in [0.25, 0.3) is 5.91 Å². The number of nitrogens with zero attached hydrogens (tertiary/aromatic N) is 2. The Bertz CT molecular complexity index is 2950. The minimum atomic E-state index is -0.966. The van der Waals surface area contributed by atoms with E-state index in [9.17, 15) is 38.4 Å². The van der Waals surface area contributed by atoms with Crippen molar-refractivity contribution in [1.82, 2.24) is 47.0 Å². The van der Waals surface area contributed by atoms with Crippen LogP contribution < -0.4 is 42.0 Å². The van der Waals surface area contributed by atoms with Crippen LogP contribution in [0.2, 0.25) is 0 Å². The summed E-state index contributed by atoms with van der Waals surface area (Å²) in [5.74, 6) is -3.19. The summed E-state index contributed by atoms with van der Waals surface area (Å²) in [7, 11) is 3.28. The van der Waals surface area contributed by atoms with Gasteiger partial charge in [0.05, 0.1) is 30.7 Å². The van der Waals surface area contributed by atoms with E-state index in [0.29, 0.717) is 5.56 Å². The van der Waals surface area contributed by atoms with Crippen LogP contribution >= 0.6 is 0 Å². The lowest BCUT2D eigenvalue weighted by Crippen LogP contribution is -2.61. The van der Waals surface area contributed by atoms with Gasteiger partial charge in [-0.25, -0.2) is 4.79 Å². The predicted molar refractivity (Wildman–Crippen MR) is 298 cm³/mol. The number of ether oxygens (including phenoxy) is 1. The van der Waals surface area contributed by atoms with Crippen LogP contribution in [-0.2, 0) is 54.6 Å². The molecule has 2 heterocycles. The number of aryl methyl sites for hydroxylation is 2. The number of esters is 1. The third-order valence-electron chi connectivity index (χ3n) is 15.6. The topological polar surface area (TPSA) is 236 Å². The molecule has 7 amide bonds. The van der Waals surface area contributed by atoms with Gasteiger partial charge >= 0.3 is 5.97 Å². The number of benzene rings is 4. The summed E-state index contributed by atoms with van der Waals surface area (Å²) in [5, 5.41) is 20.9. The maximum Gasteiger partial charge on any atom is 0.343 e. The molecule has 0 aromatic heterocycles. The summed E-state index contributed by atoms with van der Waals surface area (Å²) in [5.41, 5.74) is 4.88. The lowest BCUT2D eigenvalue weighted by Gasteiger charge is -2.41. The van der Waals surface area contributed by atoms with Crippen molar-refractivity contribution in [3.63, 3.8) is 0 Å². The van der Waals surface area contributed by atoms with Crippen LogP contribution in [0.1, 0.15) is 140 Å². The van der Waals surface area contributed by atoms with Crippen molar-refractivity contribution >= 4 is 47.3 Å². The average molecular weight is 1080 g/mol. The Morgan fingerprint density at radius 1 is 0.582 bits per heavy atom. The molecule has 7 atom stereocenters. The number of rotatable bonds is 16. The maximum atomic E-state index is 14.8. The monoisotopic (exact) mass is 1080 g/mol. The van der Waals surface area contributed by atoms with Crippen molar-refractivity contribution in [2.24, 2.45) is 10.8 Å². The Morgan fingerprint density at radius 3 is 1.62 bits per heavy atom. The van der Waals surface area contributed by atoms with Crippen LogP contribution in [-0.4, -0.2) is 121 Å². The van der Waals surface area contributed by atoms with Crippen molar-refractivity contribution < 1.29 is 43.1 Å². The highest BCUT2D eigenvalue weighted by Gasteiger charge is 2.47. The second-order valence-corrected chi connectivity index (χ2v) is 23.6. The molecule has 8 rings (SSSR count). The second-order valence-electron chi connectivity index (χ2n) is 23.6. The van der Waals surface area contributed by atoms with Crippen molar-refractivity contribution in [2.75, 3.05) is 33.7 Å². The van der Waals surface area contributed by atoms with Gasteiger partial charge in [0.1, 0.15) is 29.9 Å². The number of amides is 7. The highest BCUT2D eigenvalue weighted by molar-refractivity contribution is 5.98. The molecule has 4 aromatic rings. The van der Waals surface area contributed by atoms with E-state index in [0.717, 1.165) is 55.2 Å². The van der Waals surface area contributed by atoms with Crippen molar-refractivity contribution in [3.05, 3.63) is 136 Å². The van der Waals surface area contributed by atoms with E-state index >= 15 is 0 Å². The first-order chi connectivity index (χ1) is 37.6. The molecule has 1 saturated heterocycles. The molecular weight excluding hydrogens is 1000 g/mol. The van der Waals surface area contributed by atoms with E-state index in [1.165, 1.54) is 45.2 Å². The van der Waals surface area contributed by atoms with Crippen LogP contribution in [0, 0.1) is 10.8 Å². The Hall–Kier alpha value is -7.44. The molecule has 0 saturated carbocycles. The minimum Gasteiger partial charge on any atom is -0.423 e. The fourth-order valence-corrected chi connectivity index (χ4v) is 11.4. The first kappa shape index (κ1) is 57.7. The summed E-state index contributed by atoms with van der Waals surface area (Å²) >= 11 is 0. The molecular formula is C61H77N9O9. The van der Waals surface area contributed by atoms with Crippen LogP contribution in [0.5, 0.6) is 5.75 Å². The van der Waals surface area contributed by atoms with Gasteiger partial charge in [-0.1, -0.05) is 96.1 Å². The van der Waals surface area contributed by atoms with Crippen LogP contribution in [0.25, 0.3) is 0 Å². The van der Waals surface area contributed by atoms with Gasteiger partial charge < -0.3 is 51.8 Å². The molecule has 1 fully saturated rings. The largest absolute Gasteiger partial charge is 0.423 e. The normalized spacial score (nSPS) is 20.5. The average Bonchev–Trinajstić information content (AvgIpc) is 3.98. The minimum absolute atomic E-state index is 0.000412. The van der Waals surface area contributed by atoms with Crippen molar-refractivity contribution in [2.45, 2.75) is 142 Å². The fourth-order valence-electron chi connectivity index (χ4n) is 11.4. The first-order valence-corrected chi connectivity index (χ1v) is 27.6. The zero-order chi connectivity index (χ0) is 56.8. The SMILES string of the molecule is CNCC(=O)NC(C(=O)N1Cc2cc(OC(=O)c3ccc(C(=O)NC4CC(C(=O)NC5CCCc6ccccc65)N(C(=O)C(NC(=O)CNC)C(C)(C)C)C4)cc3)ccc2CC1C(=O)NC1CCCc2ccccc21)C(C)(C)C. The van der Waals surface area contributed by atoms with E-state index in [4.69, 9.17) is 4.74 Å². The summed E-state index contributed by atoms with van der Waals surface area (Å²) in [6.07, 6.45) is 5.45. The van der Waals surface area contributed by atoms with Gasteiger partial charge in [0.2, 0.25) is 35.4 Å². The molecule has 2 aliphatic heterocycles. The molecule has 18 heteroatoms. The molecule has 79 heavy (non-hydrogen) atoms. The third kappa shape index (κ3) is 13.7. The number of carbonyl (C=O) groups is 8. The van der Waals surface area contributed by atoms with E-state index in [2.05, 4.69) is 49.4 Å². The van der Waals surface area contributed by atoms with Crippen molar-refractivity contribution in [3.8, 4) is 5.75 Å². The first-order valence-electron chi connectivity index (χ1n) is 27.6. The standard InChI is InChI=1S/C61H77N9O9/c1-60(2,3)52(67-50(71)32-62-7)57(76)69-34-41-29-43(28-27-40(41)30-48(69)55(74)65-46-21-13-17-36-15-9-11-19-44(36)46)79-59(78)39-25-23-38(24-26-39)54(73)64-42-31-49(56(75)66-47-22-14-18-37-16-10-12-20-45(37)47)70(35-42)58(77)53(61(4,5)6)68-51(72)33-63-8/h9-12,15-16,19-20,23-29,42,46-49,52-53,62-63H,13-14,17-18,21-22,30-35H2,1-8H3,(H,64,73)(H,65,74)(H,66,75)(H,67,71)(H,68,72). The lowest BCUT2D eigenvalue weighted by molar-refractivity contribution is -0.147. The van der Waals surface area contributed by atoms with E-state index in [1.807, 2.05) is 77.9 Å². The third-order valence-corrected chi connectivity index (χ3v) is 15.6. The predicted octanol–water partition coefficient (Wildman–Crippen LogP) is 4.75. The number of hydrogen-bond acceptors (Lipinski definition) is 11. The smallest absolute Gasteiger partial charge is 0.343 e. The second kappa shape index (κ2) is 24.7. The van der Waals surface area contributed by atoms with Gasteiger partial charge in [-0.2, -0.15) is 0 Å². The van der Waals surface area contributed by atoms with Gasteiger partial charge in [-0.05, 0) is 140 Å². The van der Waals surface area contributed by atoms with Crippen molar-refractivity contribution in [1.29, 1.82) is 0 Å². The molecule has 4 aliphatic rings. The van der Waals surface area contributed by atoms with E-state index in [1.54, 1.807) is 32.3 Å². The van der Waals surface area contributed by atoms with Gasteiger partial charge in [-0.3, -0.25) is 33.6 Å². The molecule has 4 aromatic carbocycles. The van der Waals surface area contributed by atoms with Crippen LogP contribution in [0.4, 0.5) is 0 Å². The molecule has 0 radical (unpaired) electrons. The van der Waals surface area contributed by atoms with Crippen LogP contribution in [0.15, 0.2) is 91.0 Å². The molecule has 420 valence electrons. The molecule has 18 nitrogen and oxygen atoms in total. The van der Waals surface area contributed by atoms with Gasteiger partial charge in [-0.15, -0.1) is 0 Å². The zero-order valence-corrected chi connectivity index (χ0v) is 46.8. The maximum absolute atomic E-state index is 14.8. The lowest BCUT2D eigenvalue weighted by atomic mass is 9.84. The number of carbonyl (C=O) groups excluding carboxylic acids is 8.